The molecule has 0 fully saturated rings. The van der Waals surface area contributed by atoms with Crippen molar-refractivity contribution in [2.24, 2.45) is 0 Å². The van der Waals surface area contributed by atoms with Crippen molar-refractivity contribution in [1.29, 1.82) is 0 Å². The normalized spacial score (nSPS) is 15.5. The largest absolute Gasteiger partial charge is 0.489 e. The van der Waals surface area contributed by atoms with Gasteiger partial charge in [-0.05, 0) is 55.3 Å². The van der Waals surface area contributed by atoms with Gasteiger partial charge < -0.3 is 10.1 Å². The molecular formula is C17H16ClNO2. The zero-order valence-corrected chi connectivity index (χ0v) is 12.7. The summed E-state index contributed by atoms with van der Waals surface area (Å²) in [6, 6.07) is 13.3. The van der Waals surface area contributed by atoms with Crippen LogP contribution in [-0.4, -0.2) is 5.91 Å². The Labute approximate surface area is 128 Å². The van der Waals surface area contributed by atoms with Crippen LogP contribution in [0.2, 0.25) is 5.02 Å². The third-order valence-electron chi connectivity index (χ3n) is 3.77. The van der Waals surface area contributed by atoms with Crippen molar-refractivity contribution < 1.29 is 9.53 Å². The van der Waals surface area contributed by atoms with Crippen LogP contribution in [-0.2, 0) is 16.8 Å². The van der Waals surface area contributed by atoms with Crippen molar-refractivity contribution in [3.8, 4) is 5.75 Å². The monoisotopic (exact) mass is 301 g/mol. The van der Waals surface area contributed by atoms with Crippen LogP contribution in [0.5, 0.6) is 5.75 Å². The Kier molecular flexibility index (Phi) is 3.38. The van der Waals surface area contributed by atoms with Crippen molar-refractivity contribution in [3.05, 3.63) is 58.6 Å². The first-order valence-electron chi connectivity index (χ1n) is 6.80. The number of carbonyl (C=O) groups excluding carboxylic acids is 1. The number of carbonyl (C=O) groups is 1. The molecule has 108 valence electrons. The summed E-state index contributed by atoms with van der Waals surface area (Å²) >= 11 is 5.96. The van der Waals surface area contributed by atoms with E-state index in [1.165, 1.54) is 0 Å². The van der Waals surface area contributed by atoms with Gasteiger partial charge in [0.2, 0.25) is 5.91 Å². The Morgan fingerprint density at radius 2 is 2.00 bits per heavy atom. The molecule has 0 spiro atoms. The van der Waals surface area contributed by atoms with Crippen LogP contribution in [0.15, 0.2) is 42.5 Å². The molecule has 1 N–H and O–H groups in total. The van der Waals surface area contributed by atoms with Gasteiger partial charge >= 0.3 is 0 Å². The molecule has 0 atom stereocenters. The molecule has 1 heterocycles. The molecule has 3 nitrogen and oxygen atoms in total. The average Bonchev–Trinajstić information content (AvgIpc) is 2.67. The molecule has 0 saturated heterocycles. The highest BCUT2D eigenvalue weighted by atomic mass is 35.5. The second-order valence-electron chi connectivity index (χ2n) is 5.71. The van der Waals surface area contributed by atoms with Crippen molar-refractivity contribution in [2.75, 3.05) is 5.32 Å². The van der Waals surface area contributed by atoms with E-state index in [-0.39, 0.29) is 5.91 Å². The highest BCUT2D eigenvalue weighted by molar-refractivity contribution is 6.30. The maximum absolute atomic E-state index is 11.9. The molecule has 2 aromatic carbocycles. The SMILES string of the molecule is CC1(C)C(=O)Nc2ccc(OCc3cccc(Cl)c3)cc21. The summed E-state index contributed by atoms with van der Waals surface area (Å²) in [5, 5.41) is 3.58. The second kappa shape index (κ2) is 5.08. The highest BCUT2D eigenvalue weighted by Crippen LogP contribution is 2.39. The fourth-order valence-corrected chi connectivity index (χ4v) is 2.65. The molecule has 1 amide bonds. The molecular weight excluding hydrogens is 286 g/mol. The number of fused-ring (bicyclic) bond motifs is 1. The van der Waals surface area contributed by atoms with E-state index in [0.29, 0.717) is 11.6 Å². The Morgan fingerprint density at radius 1 is 1.19 bits per heavy atom. The zero-order valence-electron chi connectivity index (χ0n) is 11.9. The van der Waals surface area contributed by atoms with E-state index in [4.69, 9.17) is 16.3 Å². The zero-order chi connectivity index (χ0) is 15.0. The number of hydrogen-bond donors (Lipinski definition) is 1. The van der Waals surface area contributed by atoms with Crippen LogP contribution in [0.25, 0.3) is 0 Å². The minimum Gasteiger partial charge on any atom is -0.489 e. The molecule has 21 heavy (non-hydrogen) atoms. The lowest BCUT2D eigenvalue weighted by Crippen LogP contribution is -2.26. The second-order valence-corrected chi connectivity index (χ2v) is 6.14. The third-order valence-corrected chi connectivity index (χ3v) is 4.01. The number of amides is 1. The van der Waals surface area contributed by atoms with Crippen LogP contribution in [0.1, 0.15) is 25.0 Å². The Morgan fingerprint density at radius 3 is 2.76 bits per heavy atom. The van der Waals surface area contributed by atoms with E-state index in [2.05, 4.69) is 5.32 Å². The van der Waals surface area contributed by atoms with E-state index >= 15 is 0 Å². The third kappa shape index (κ3) is 2.61. The lowest BCUT2D eigenvalue weighted by atomic mass is 9.86. The van der Waals surface area contributed by atoms with Crippen LogP contribution in [0, 0.1) is 0 Å². The van der Waals surface area contributed by atoms with Gasteiger partial charge in [0.05, 0.1) is 5.41 Å². The molecule has 0 radical (unpaired) electrons. The number of benzene rings is 2. The van der Waals surface area contributed by atoms with Crippen LogP contribution in [0.3, 0.4) is 0 Å². The summed E-state index contributed by atoms with van der Waals surface area (Å²) in [6.07, 6.45) is 0. The lowest BCUT2D eigenvalue weighted by molar-refractivity contribution is -0.119. The molecule has 0 saturated carbocycles. The molecule has 3 rings (SSSR count). The maximum Gasteiger partial charge on any atom is 0.234 e. The van der Waals surface area contributed by atoms with E-state index < -0.39 is 5.41 Å². The fourth-order valence-electron chi connectivity index (χ4n) is 2.43. The topological polar surface area (TPSA) is 38.3 Å². The van der Waals surface area contributed by atoms with Gasteiger partial charge in [0.25, 0.3) is 0 Å². The highest BCUT2D eigenvalue weighted by Gasteiger charge is 2.38. The van der Waals surface area contributed by atoms with E-state index in [9.17, 15) is 4.79 Å². The first kappa shape index (κ1) is 14.0. The lowest BCUT2D eigenvalue weighted by Gasteiger charge is -2.16. The van der Waals surface area contributed by atoms with Gasteiger partial charge in [-0.1, -0.05) is 23.7 Å². The number of halogens is 1. The van der Waals surface area contributed by atoms with E-state index in [1.807, 2.05) is 56.3 Å². The Balaban J connectivity index is 1.79. The summed E-state index contributed by atoms with van der Waals surface area (Å²) in [4.78, 5) is 11.9. The van der Waals surface area contributed by atoms with Gasteiger partial charge in [0.1, 0.15) is 12.4 Å². The van der Waals surface area contributed by atoms with Crippen LogP contribution < -0.4 is 10.1 Å². The Hall–Kier alpha value is -2.00. The molecule has 1 aliphatic rings. The molecule has 2 aromatic rings. The number of hydrogen-bond acceptors (Lipinski definition) is 2. The molecule has 0 unspecified atom stereocenters. The van der Waals surface area contributed by atoms with Crippen molar-refractivity contribution in [3.63, 3.8) is 0 Å². The van der Waals surface area contributed by atoms with Gasteiger partial charge in [-0.3, -0.25) is 4.79 Å². The smallest absolute Gasteiger partial charge is 0.234 e. The summed E-state index contributed by atoms with van der Waals surface area (Å²) in [5.41, 5.74) is 2.32. The summed E-state index contributed by atoms with van der Waals surface area (Å²) in [6.45, 7) is 4.27. The van der Waals surface area contributed by atoms with Gasteiger partial charge in [-0.15, -0.1) is 0 Å². The predicted octanol–water partition coefficient (Wildman–Crippen LogP) is 4.15. The molecule has 1 aliphatic heterocycles. The van der Waals surface area contributed by atoms with Crippen molar-refractivity contribution in [2.45, 2.75) is 25.9 Å². The van der Waals surface area contributed by atoms with Crippen LogP contribution in [0.4, 0.5) is 5.69 Å². The fraction of sp³-hybridized carbons (Fsp3) is 0.235. The summed E-state index contributed by atoms with van der Waals surface area (Å²) in [5.74, 6) is 0.766. The first-order valence-corrected chi connectivity index (χ1v) is 7.18. The molecule has 0 aliphatic carbocycles. The number of ether oxygens (including phenoxy) is 1. The van der Waals surface area contributed by atoms with Gasteiger partial charge in [0, 0.05) is 10.7 Å². The number of anilines is 1. The summed E-state index contributed by atoms with van der Waals surface area (Å²) in [7, 11) is 0. The van der Waals surface area contributed by atoms with Gasteiger partial charge in [0.15, 0.2) is 0 Å². The maximum atomic E-state index is 11.9. The standard InChI is InChI=1S/C17H16ClNO2/c1-17(2)14-9-13(6-7-15(14)19-16(17)20)21-10-11-4-3-5-12(18)8-11/h3-9H,10H2,1-2H3,(H,19,20). The summed E-state index contributed by atoms with van der Waals surface area (Å²) < 4.78 is 5.80. The van der Waals surface area contributed by atoms with Crippen molar-refractivity contribution >= 4 is 23.2 Å². The quantitative estimate of drug-likeness (QED) is 0.925. The first-order chi connectivity index (χ1) is 9.96. The van der Waals surface area contributed by atoms with Gasteiger partial charge in [-0.2, -0.15) is 0 Å². The Bertz CT molecular complexity index is 710. The van der Waals surface area contributed by atoms with Crippen molar-refractivity contribution in [1.82, 2.24) is 0 Å². The molecule has 4 heteroatoms. The van der Waals surface area contributed by atoms with E-state index in [0.717, 1.165) is 22.6 Å². The van der Waals surface area contributed by atoms with E-state index in [1.54, 1.807) is 0 Å². The molecule has 0 aromatic heterocycles. The molecule has 0 bridgehead atoms. The predicted molar refractivity (Wildman–Crippen MR) is 83.9 cm³/mol. The van der Waals surface area contributed by atoms with Crippen LogP contribution >= 0.6 is 11.6 Å². The minimum absolute atomic E-state index is 0.0180. The minimum atomic E-state index is -0.523. The number of rotatable bonds is 3. The average molecular weight is 302 g/mol. The number of nitrogens with one attached hydrogen (secondary N) is 1. The van der Waals surface area contributed by atoms with Gasteiger partial charge in [-0.25, -0.2) is 0 Å².